The Bertz CT molecular complexity index is 1070. The number of halogens is 2. The number of carboxylic acids is 1. The van der Waals surface area contributed by atoms with Crippen molar-refractivity contribution in [3.63, 3.8) is 0 Å². The van der Waals surface area contributed by atoms with Crippen LogP contribution in [0.4, 0.5) is 4.79 Å². The Kier molecular flexibility index (Phi) is 7.33. The first kappa shape index (κ1) is 21.7. The van der Waals surface area contributed by atoms with Gasteiger partial charge in [-0.3, -0.25) is 4.79 Å². The van der Waals surface area contributed by atoms with E-state index in [4.69, 9.17) is 33.0 Å². The quantitative estimate of drug-likeness (QED) is 0.489. The van der Waals surface area contributed by atoms with Crippen LogP contribution in [0.2, 0.25) is 10.0 Å². The molecule has 0 aliphatic heterocycles. The van der Waals surface area contributed by atoms with E-state index in [1.54, 1.807) is 24.3 Å². The molecule has 154 valence electrons. The molecule has 1 amide bonds. The maximum absolute atomic E-state index is 12.0. The number of carbonyl (C=O) groups excluding carboxylic acids is 1. The lowest BCUT2D eigenvalue weighted by molar-refractivity contribution is -0.136. The van der Waals surface area contributed by atoms with Crippen LogP contribution in [0.3, 0.4) is 0 Å². The first-order valence-electron chi connectivity index (χ1n) is 9.15. The number of rotatable bonds is 7. The predicted octanol–water partition coefficient (Wildman–Crippen LogP) is 5.71. The summed E-state index contributed by atoms with van der Waals surface area (Å²) < 4.78 is 5.20. The van der Waals surface area contributed by atoms with Crippen molar-refractivity contribution in [2.75, 3.05) is 0 Å². The van der Waals surface area contributed by atoms with Gasteiger partial charge in [0.05, 0.1) is 6.42 Å². The number of alkyl carbamates (subject to hydrolysis) is 1. The van der Waals surface area contributed by atoms with E-state index in [2.05, 4.69) is 5.32 Å². The summed E-state index contributed by atoms with van der Waals surface area (Å²) in [6.07, 6.45) is -0.590. The van der Waals surface area contributed by atoms with Gasteiger partial charge in [0.15, 0.2) is 0 Å². The van der Waals surface area contributed by atoms with Crippen molar-refractivity contribution in [1.82, 2.24) is 5.32 Å². The van der Waals surface area contributed by atoms with Crippen LogP contribution < -0.4 is 5.32 Å². The fourth-order valence-corrected chi connectivity index (χ4v) is 3.37. The third-order valence-electron chi connectivity index (χ3n) is 4.35. The molecule has 2 N–H and O–H groups in total. The van der Waals surface area contributed by atoms with Gasteiger partial charge < -0.3 is 15.2 Å². The minimum absolute atomic E-state index is 0.0292. The second kappa shape index (κ2) is 10.1. The highest BCUT2D eigenvalue weighted by Gasteiger charge is 2.08. The lowest BCUT2D eigenvalue weighted by Crippen LogP contribution is -2.23. The van der Waals surface area contributed by atoms with Crippen molar-refractivity contribution in [3.05, 3.63) is 93.5 Å². The molecule has 0 aliphatic rings. The van der Waals surface area contributed by atoms with Gasteiger partial charge in [0.2, 0.25) is 0 Å². The molecule has 0 aromatic heterocycles. The molecule has 0 unspecified atom stereocenters. The Labute approximate surface area is 184 Å². The molecule has 0 aliphatic carbocycles. The molecule has 3 rings (SSSR count). The van der Waals surface area contributed by atoms with E-state index in [0.717, 1.165) is 22.3 Å². The maximum Gasteiger partial charge on any atom is 0.407 e. The molecule has 0 spiro atoms. The molecule has 30 heavy (non-hydrogen) atoms. The van der Waals surface area contributed by atoms with Crippen LogP contribution in [-0.4, -0.2) is 17.2 Å². The van der Waals surface area contributed by atoms with Gasteiger partial charge in [-0.25, -0.2) is 4.79 Å². The van der Waals surface area contributed by atoms with Gasteiger partial charge in [0, 0.05) is 22.2 Å². The summed E-state index contributed by atoms with van der Waals surface area (Å²) in [5.41, 5.74) is 4.13. The topological polar surface area (TPSA) is 75.6 Å². The van der Waals surface area contributed by atoms with Crippen LogP contribution >= 0.6 is 23.2 Å². The number of carboxylic acid groups (broad SMARTS) is 1. The highest BCUT2D eigenvalue weighted by atomic mass is 35.5. The molecule has 7 heteroatoms. The van der Waals surface area contributed by atoms with Crippen LogP contribution in [0.25, 0.3) is 11.1 Å². The predicted molar refractivity (Wildman–Crippen MR) is 117 cm³/mol. The standard InChI is InChI=1S/C23H19Cl2NO4/c24-20-8-7-19(21(25)12-20)14-30-23(29)26-13-16-4-2-6-18(10-16)17-5-1-3-15(9-17)11-22(27)28/h1-10,12H,11,13-14H2,(H,26,29)(H,27,28). The third-order valence-corrected chi connectivity index (χ3v) is 4.94. The number of hydrogen-bond acceptors (Lipinski definition) is 3. The van der Waals surface area contributed by atoms with Gasteiger partial charge in [-0.2, -0.15) is 0 Å². The molecule has 0 saturated heterocycles. The average Bonchev–Trinajstić information content (AvgIpc) is 2.71. The molecule has 0 fully saturated rings. The Balaban J connectivity index is 1.59. The third kappa shape index (κ3) is 6.24. The highest BCUT2D eigenvalue weighted by Crippen LogP contribution is 2.23. The fraction of sp³-hybridized carbons (Fsp3) is 0.130. The van der Waals surface area contributed by atoms with Crippen molar-refractivity contribution in [1.29, 1.82) is 0 Å². The van der Waals surface area contributed by atoms with E-state index in [9.17, 15) is 9.59 Å². The van der Waals surface area contributed by atoms with E-state index in [1.165, 1.54) is 0 Å². The number of benzene rings is 3. The summed E-state index contributed by atoms with van der Waals surface area (Å²) in [5, 5.41) is 12.6. The number of carbonyl (C=O) groups is 2. The fourth-order valence-electron chi connectivity index (χ4n) is 2.90. The zero-order valence-electron chi connectivity index (χ0n) is 15.9. The molecule has 0 saturated carbocycles. The minimum atomic E-state index is -0.872. The van der Waals surface area contributed by atoms with E-state index in [0.29, 0.717) is 15.6 Å². The van der Waals surface area contributed by atoms with Gasteiger partial charge in [-0.15, -0.1) is 0 Å². The number of aliphatic carboxylic acids is 1. The number of amides is 1. The summed E-state index contributed by atoms with van der Waals surface area (Å²) in [6.45, 7) is 0.327. The van der Waals surface area contributed by atoms with Gasteiger partial charge in [-0.05, 0) is 40.5 Å². The minimum Gasteiger partial charge on any atom is -0.481 e. The number of hydrogen-bond donors (Lipinski definition) is 2. The number of ether oxygens (including phenoxy) is 1. The summed E-state index contributed by atoms with van der Waals surface area (Å²) in [7, 11) is 0. The van der Waals surface area contributed by atoms with Crippen molar-refractivity contribution >= 4 is 35.3 Å². The van der Waals surface area contributed by atoms with E-state index >= 15 is 0 Å². The Morgan fingerprint density at radius 2 is 1.57 bits per heavy atom. The molecule has 0 bridgehead atoms. The normalized spacial score (nSPS) is 10.5. The largest absolute Gasteiger partial charge is 0.481 e. The monoisotopic (exact) mass is 443 g/mol. The smallest absolute Gasteiger partial charge is 0.407 e. The Hall–Kier alpha value is -3.02. The van der Waals surface area contributed by atoms with Crippen molar-refractivity contribution in [2.45, 2.75) is 19.6 Å². The van der Waals surface area contributed by atoms with Crippen LogP contribution in [0, 0.1) is 0 Å². The SMILES string of the molecule is O=C(O)Cc1cccc(-c2cccc(CNC(=O)OCc3ccc(Cl)cc3Cl)c2)c1. The maximum atomic E-state index is 12.0. The lowest BCUT2D eigenvalue weighted by atomic mass is 10.00. The zero-order valence-corrected chi connectivity index (χ0v) is 17.4. The van der Waals surface area contributed by atoms with Crippen molar-refractivity contribution in [2.24, 2.45) is 0 Å². The van der Waals surface area contributed by atoms with E-state index < -0.39 is 12.1 Å². The Morgan fingerprint density at radius 3 is 2.23 bits per heavy atom. The van der Waals surface area contributed by atoms with E-state index in [-0.39, 0.29) is 19.6 Å². The molecule has 0 heterocycles. The van der Waals surface area contributed by atoms with Crippen LogP contribution in [-0.2, 0) is 29.1 Å². The molecule has 3 aromatic carbocycles. The molecular weight excluding hydrogens is 425 g/mol. The average molecular weight is 444 g/mol. The number of nitrogens with one attached hydrogen (secondary N) is 1. The summed E-state index contributed by atoms with van der Waals surface area (Å²) in [4.78, 5) is 22.9. The molecule has 0 atom stereocenters. The summed E-state index contributed by atoms with van der Waals surface area (Å²) in [5.74, 6) is -0.872. The van der Waals surface area contributed by atoms with Crippen molar-refractivity contribution in [3.8, 4) is 11.1 Å². The summed E-state index contributed by atoms with van der Waals surface area (Å²) in [6, 6.07) is 20.0. The van der Waals surface area contributed by atoms with Crippen LogP contribution in [0.5, 0.6) is 0 Å². The molecular formula is C23H19Cl2NO4. The van der Waals surface area contributed by atoms with Crippen molar-refractivity contribution < 1.29 is 19.4 Å². The van der Waals surface area contributed by atoms with Gasteiger partial charge in [0.25, 0.3) is 0 Å². The second-order valence-electron chi connectivity index (χ2n) is 6.64. The Morgan fingerprint density at radius 1 is 0.900 bits per heavy atom. The molecule has 5 nitrogen and oxygen atoms in total. The molecule has 0 radical (unpaired) electrons. The first-order chi connectivity index (χ1) is 14.4. The van der Waals surface area contributed by atoms with Crippen LogP contribution in [0.1, 0.15) is 16.7 Å². The first-order valence-corrected chi connectivity index (χ1v) is 9.91. The molecule has 3 aromatic rings. The highest BCUT2D eigenvalue weighted by molar-refractivity contribution is 6.35. The van der Waals surface area contributed by atoms with E-state index in [1.807, 2.05) is 42.5 Å². The zero-order chi connectivity index (χ0) is 21.5. The summed E-state index contributed by atoms with van der Waals surface area (Å²) >= 11 is 11.9. The van der Waals surface area contributed by atoms with Crippen LogP contribution in [0.15, 0.2) is 66.7 Å². The van der Waals surface area contributed by atoms with Gasteiger partial charge in [-0.1, -0.05) is 71.7 Å². The van der Waals surface area contributed by atoms with Gasteiger partial charge in [0.1, 0.15) is 6.61 Å². The second-order valence-corrected chi connectivity index (χ2v) is 7.48. The lowest BCUT2D eigenvalue weighted by Gasteiger charge is -2.10. The van der Waals surface area contributed by atoms with Gasteiger partial charge >= 0.3 is 12.1 Å².